The predicted molar refractivity (Wildman–Crippen MR) is 104 cm³/mol. The number of sulfonamides is 1. The van der Waals surface area contributed by atoms with Gasteiger partial charge >= 0.3 is 0 Å². The maximum Gasteiger partial charge on any atom is 0.211 e. The Labute approximate surface area is 155 Å². The second kappa shape index (κ2) is 9.72. The number of piperazine rings is 1. The Balaban J connectivity index is 1.73. The van der Waals surface area contributed by atoms with E-state index in [1.807, 2.05) is 0 Å². The molecule has 1 heterocycles. The van der Waals surface area contributed by atoms with Crippen LogP contribution in [0.15, 0.2) is 29.3 Å². The zero-order valence-corrected chi connectivity index (χ0v) is 16.2. The molecule has 146 valence electrons. The number of guanidine groups is 1. The average Bonchev–Trinajstić information content (AvgIpc) is 2.65. The zero-order chi connectivity index (χ0) is 19.0. The van der Waals surface area contributed by atoms with Gasteiger partial charge in [0.1, 0.15) is 5.82 Å². The van der Waals surface area contributed by atoms with Gasteiger partial charge in [-0.2, -0.15) is 0 Å². The molecule has 0 saturated carbocycles. The minimum absolute atomic E-state index is 0.0976. The molecule has 0 aliphatic carbocycles. The lowest BCUT2D eigenvalue weighted by Crippen LogP contribution is -2.52. The summed E-state index contributed by atoms with van der Waals surface area (Å²) >= 11 is 0. The number of anilines is 1. The largest absolute Gasteiger partial charge is 0.368 e. The second-order valence-electron chi connectivity index (χ2n) is 6.08. The molecule has 0 spiro atoms. The summed E-state index contributed by atoms with van der Waals surface area (Å²) in [5.41, 5.74) is 1.03. The van der Waals surface area contributed by atoms with Crippen molar-refractivity contribution in [2.75, 3.05) is 57.0 Å². The number of nitrogens with zero attached hydrogens (tertiary/aromatic N) is 3. The van der Waals surface area contributed by atoms with Crippen molar-refractivity contribution in [3.8, 4) is 0 Å². The topological polar surface area (TPSA) is 77.0 Å². The summed E-state index contributed by atoms with van der Waals surface area (Å²) in [6.07, 6.45) is 0.688. The highest BCUT2D eigenvalue weighted by Gasteiger charge is 2.19. The van der Waals surface area contributed by atoms with Crippen molar-refractivity contribution in [2.45, 2.75) is 13.3 Å². The number of hydrogen-bond acceptors (Lipinski definition) is 4. The van der Waals surface area contributed by atoms with E-state index in [1.54, 1.807) is 26.1 Å². The molecular formula is C17H28FN5O2S. The average molecular weight is 386 g/mol. The fourth-order valence-electron chi connectivity index (χ4n) is 2.78. The summed E-state index contributed by atoms with van der Waals surface area (Å²) in [5.74, 6) is 0.695. The summed E-state index contributed by atoms with van der Waals surface area (Å²) < 4.78 is 38.3. The Kier molecular flexibility index (Phi) is 7.65. The van der Waals surface area contributed by atoms with Crippen LogP contribution in [0.4, 0.5) is 10.1 Å². The van der Waals surface area contributed by atoms with E-state index in [9.17, 15) is 12.8 Å². The first-order valence-corrected chi connectivity index (χ1v) is 10.5. The van der Waals surface area contributed by atoms with E-state index in [2.05, 4.69) is 24.8 Å². The zero-order valence-electron chi connectivity index (χ0n) is 15.4. The van der Waals surface area contributed by atoms with Gasteiger partial charge in [-0.3, -0.25) is 4.99 Å². The highest BCUT2D eigenvalue weighted by molar-refractivity contribution is 7.89. The molecule has 0 radical (unpaired) electrons. The van der Waals surface area contributed by atoms with Gasteiger partial charge in [0.25, 0.3) is 0 Å². The fraction of sp³-hybridized carbons (Fsp3) is 0.588. The molecule has 0 aromatic heterocycles. The maximum absolute atomic E-state index is 13.0. The molecule has 7 nitrogen and oxygen atoms in total. The number of rotatable bonds is 7. The summed E-state index contributed by atoms with van der Waals surface area (Å²) in [6, 6.07) is 6.56. The van der Waals surface area contributed by atoms with Crippen LogP contribution in [-0.2, 0) is 10.0 Å². The normalized spacial score (nSPS) is 16.0. The maximum atomic E-state index is 13.0. The van der Waals surface area contributed by atoms with E-state index >= 15 is 0 Å². The standard InChI is InChI=1S/C17H28FN5O2S/c1-3-26(24,25)21-10-4-9-20-17(19-2)23-13-11-22(12-14-23)16-7-5-15(18)6-8-16/h5-8,21H,3-4,9-14H2,1-2H3,(H,19,20). The van der Waals surface area contributed by atoms with Crippen molar-refractivity contribution in [1.29, 1.82) is 0 Å². The number of aliphatic imine (C=N–C) groups is 1. The van der Waals surface area contributed by atoms with Crippen molar-refractivity contribution in [3.05, 3.63) is 30.1 Å². The molecule has 9 heteroatoms. The van der Waals surface area contributed by atoms with Gasteiger partial charge < -0.3 is 15.1 Å². The molecular weight excluding hydrogens is 357 g/mol. The second-order valence-corrected chi connectivity index (χ2v) is 8.17. The first-order valence-electron chi connectivity index (χ1n) is 8.88. The number of halogens is 1. The summed E-state index contributed by atoms with van der Waals surface area (Å²) in [4.78, 5) is 8.71. The molecule has 2 rings (SSSR count). The quantitative estimate of drug-likeness (QED) is 0.413. The van der Waals surface area contributed by atoms with E-state index < -0.39 is 10.0 Å². The van der Waals surface area contributed by atoms with E-state index in [0.717, 1.165) is 37.8 Å². The van der Waals surface area contributed by atoms with Crippen LogP contribution in [0.25, 0.3) is 0 Å². The summed E-state index contributed by atoms with van der Waals surface area (Å²) in [7, 11) is -1.38. The molecule has 1 aromatic rings. The van der Waals surface area contributed by atoms with Crippen LogP contribution in [0.2, 0.25) is 0 Å². The van der Waals surface area contributed by atoms with Crippen molar-refractivity contribution >= 4 is 21.7 Å². The van der Waals surface area contributed by atoms with E-state index in [0.29, 0.717) is 19.5 Å². The predicted octanol–water partition coefficient (Wildman–Crippen LogP) is 0.853. The van der Waals surface area contributed by atoms with Gasteiger partial charge in [0.2, 0.25) is 10.0 Å². The van der Waals surface area contributed by atoms with Crippen LogP contribution in [0.1, 0.15) is 13.3 Å². The monoisotopic (exact) mass is 385 g/mol. The van der Waals surface area contributed by atoms with Gasteiger partial charge in [-0.1, -0.05) is 0 Å². The van der Waals surface area contributed by atoms with Crippen molar-refractivity contribution in [3.63, 3.8) is 0 Å². The SMILES string of the molecule is CCS(=O)(=O)NCCCNC(=NC)N1CCN(c2ccc(F)cc2)CC1. The fourth-order valence-corrected chi connectivity index (χ4v) is 3.44. The number of hydrogen-bond donors (Lipinski definition) is 2. The lowest BCUT2D eigenvalue weighted by atomic mass is 10.2. The van der Waals surface area contributed by atoms with Crippen LogP contribution < -0.4 is 14.9 Å². The third-order valence-corrected chi connectivity index (χ3v) is 5.73. The molecule has 26 heavy (non-hydrogen) atoms. The third kappa shape index (κ3) is 6.14. The molecule has 0 amide bonds. The van der Waals surface area contributed by atoms with Crippen LogP contribution in [-0.4, -0.2) is 71.3 Å². The van der Waals surface area contributed by atoms with Crippen LogP contribution >= 0.6 is 0 Å². The number of benzene rings is 1. The van der Waals surface area contributed by atoms with E-state index in [4.69, 9.17) is 0 Å². The van der Waals surface area contributed by atoms with E-state index in [1.165, 1.54) is 12.1 Å². The van der Waals surface area contributed by atoms with Crippen LogP contribution in [0.5, 0.6) is 0 Å². The molecule has 1 aromatic carbocycles. The highest BCUT2D eigenvalue weighted by atomic mass is 32.2. The van der Waals surface area contributed by atoms with Gasteiger partial charge in [0.05, 0.1) is 5.75 Å². The third-order valence-electron chi connectivity index (χ3n) is 4.32. The minimum Gasteiger partial charge on any atom is -0.368 e. The van der Waals surface area contributed by atoms with Gasteiger partial charge in [-0.25, -0.2) is 17.5 Å². The molecule has 0 bridgehead atoms. The van der Waals surface area contributed by atoms with Gasteiger partial charge in [0.15, 0.2) is 5.96 Å². The van der Waals surface area contributed by atoms with E-state index in [-0.39, 0.29) is 11.6 Å². The Morgan fingerprint density at radius 3 is 2.38 bits per heavy atom. The Morgan fingerprint density at radius 2 is 1.81 bits per heavy atom. The highest BCUT2D eigenvalue weighted by Crippen LogP contribution is 2.16. The molecule has 2 N–H and O–H groups in total. The molecule has 0 atom stereocenters. The van der Waals surface area contributed by atoms with Crippen LogP contribution in [0.3, 0.4) is 0 Å². The van der Waals surface area contributed by atoms with Crippen molar-refractivity contribution < 1.29 is 12.8 Å². The van der Waals surface area contributed by atoms with Gasteiger partial charge in [-0.05, 0) is 37.6 Å². The minimum atomic E-state index is -3.13. The molecule has 1 fully saturated rings. The lowest BCUT2D eigenvalue weighted by Gasteiger charge is -2.37. The van der Waals surface area contributed by atoms with Crippen molar-refractivity contribution in [2.24, 2.45) is 4.99 Å². The molecule has 1 aliphatic rings. The Morgan fingerprint density at radius 1 is 1.15 bits per heavy atom. The van der Waals surface area contributed by atoms with Crippen LogP contribution in [0, 0.1) is 5.82 Å². The Bertz CT molecular complexity index is 686. The first-order chi connectivity index (χ1) is 12.4. The summed E-state index contributed by atoms with van der Waals surface area (Å²) in [5, 5.41) is 3.28. The number of nitrogens with one attached hydrogen (secondary N) is 2. The smallest absolute Gasteiger partial charge is 0.211 e. The lowest BCUT2D eigenvalue weighted by molar-refractivity contribution is 0.372. The molecule has 0 unspecified atom stereocenters. The summed E-state index contributed by atoms with van der Waals surface area (Å²) in [6.45, 7) is 5.99. The Hall–Kier alpha value is -1.87. The molecule has 1 saturated heterocycles. The first kappa shape index (κ1) is 20.4. The van der Waals surface area contributed by atoms with Gasteiger partial charge in [0, 0.05) is 52.0 Å². The van der Waals surface area contributed by atoms with Crippen molar-refractivity contribution in [1.82, 2.24) is 14.9 Å². The molecule has 1 aliphatic heterocycles. The van der Waals surface area contributed by atoms with Gasteiger partial charge in [-0.15, -0.1) is 0 Å².